The summed E-state index contributed by atoms with van der Waals surface area (Å²) in [7, 11) is 0. The van der Waals surface area contributed by atoms with Crippen LogP contribution in [0.5, 0.6) is 0 Å². The topological polar surface area (TPSA) is 56.5 Å². The average molecular weight is 317 g/mol. The van der Waals surface area contributed by atoms with E-state index in [9.17, 15) is 0 Å². The van der Waals surface area contributed by atoms with E-state index in [1.54, 1.807) is 0 Å². The van der Waals surface area contributed by atoms with Crippen LogP contribution >= 0.6 is 23.3 Å². The highest BCUT2D eigenvalue weighted by atomic mass is 32.2. The average Bonchev–Trinajstić information content (AvgIpc) is 3.05. The van der Waals surface area contributed by atoms with Gasteiger partial charge in [0.05, 0.1) is 0 Å². The van der Waals surface area contributed by atoms with Crippen LogP contribution in [-0.2, 0) is 6.54 Å². The van der Waals surface area contributed by atoms with Gasteiger partial charge >= 0.3 is 0 Å². The fourth-order valence-electron chi connectivity index (χ4n) is 2.04. The molecule has 0 spiro atoms. The molecule has 0 amide bonds. The zero-order valence-electron chi connectivity index (χ0n) is 12.1. The third-order valence-electron chi connectivity index (χ3n) is 3.00. The van der Waals surface area contributed by atoms with Gasteiger partial charge in [0.1, 0.15) is 5.82 Å². The summed E-state index contributed by atoms with van der Waals surface area (Å²) >= 11 is 2.91. The van der Waals surface area contributed by atoms with Crippen LogP contribution in [0, 0.1) is 13.8 Å². The van der Waals surface area contributed by atoms with E-state index >= 15 is 0 Å². The van der Waals surface area contributed by atoms with Crippen LogP contribution in [0.15, 0.2) is 33.8 Å². The number of hydrogen-bond donors (Lipinski definition) is 0. The van der Waals surface area contributed by atoms with Gasteiger partial charge in [-0.15, -0.1) is 10.2 Å². The predicted molar refractivity (Wildman–Crippen MR) is 84.6 cm³/mol. The molecule has 0 saturated carbocycles. The van der Waals surface area contributed by atoms with Crippen molar-refractivity contribution >= 4 is 23.3 Å². The minimum atomic E-state index is 0.795. The summed E-state index contributed by atoms with van der Waals surface area (Å²) in [6.45, 7) is 6.88. The molecule has 0 aliphatic rings. The van der Waals surface area contributed by atoms with E-state index < -0.39 is 0 Å². The van der Waals surface area contributed by atoms with Gasteiger partial charge in [-0.05, 0) is 50.1 Å². The third-order valence-corrected chi connectivity index (χ3v) is 4.82. The second kappa shape index (κ2) is 5.95. The molecular formula is C14H15N5S2. The third kappa shape index (κ3) is 2.98. The molecule has 1 aromatic carbocycles. The molecule has 0 fully saturated rings. The van der Waals surface area contributed by atoms with Crippen LogP contribution < -0.4 is 0 Å². The molecule has 0 radical (unpaired) electrons. The molecule has 2 heterocycles. The largest absolute Gasteiger partial charge is 0.302 e. The number of hydrogen-bond acceptors (Lipinski definition) is 6. The van der Waals surface area contributed by atoms with Crippen molar-refractivity contribution in [2.45, 2.75) is 36.8 Å². The molecule has 5 nitrogen and oxygen atoms in total. The molecule has 21 heavy (non-hydrogen) atoms. The van der Waals surface area contributed by atoms with Crippen molar-refractivity contribution in [3.05, 3.63) is 35.7 Å². The lowest BCUT2D eigenvalue weighted by Crippen LogP contribution is -1.99. The fourth-order valence-corrected chi connectivity index (χ4v) is 3.69. The van der Waals surface area contributed by atoms with E-state index in [1.807, 2.05) is 13.0 Å². The van der Waals surface area contributed by atoms with Crippen molar-refractivity contribution in [1.29, 1.82) is 0 Å². The van der Waals surface area contributed by atoms with Gasteiger partial charge in [0.2, 0.25) is 0 Å². The Bertz CT molecular complexity index is 762. The van der Waals surface area contributed by atoms with E-state index in [0.29, 0.717) is 0 Å². The molecule has 7 heteroatoms. The van der Waals surface area contributed by atoms with E-state index in [1.165, 1.54) is 28.9 Å². The second-order valence-corrected chi connectivity index (χ2v) is 6.60. The molecule has 2 aromatic heterocycles. The van der Waals surface area contributed by atoms with Crippen LogP contribution in [0.4, 0.5) is 0 Å². The van der Waals surface area contributed by atoms with E-state index in [4.69, 9.17) is 0 Å². The molecule has 3 rings (SSSR count). The van der Waals surface area contributed by atoms with Crippen molar-refractivity contribution in [2.75, 3.05) is 0 Å². The fraction of sp³-hybridized carbons (Fsp3) is 0.286. The lowest BCUT2D eigenvalue weighted by atomic mass is 10.1. The van der Waals surface area contributed by atoms with Crippen LogP contribution in [0.25, 0.3) is 11.4 Å². The summed E-state index contributed by atoms with van der Waals surface area (Å²) in [6.07, 6.45) is 0. The maximum absolute atomic E-state index is 4.37. The lowest BCUT2D eigenvalue weighted by molar-refractivity contribution is 0.687. The first-order valence-corrected chi connectivity index (χ1v) is 8.24. The lowest BCUT2D eigenvalue weighted by Gasteiger charge is -2.06. The van der Waals surface area contributed by atoms with Crippen molar-refractivity contribution in [3.63, 3.8) is 0 Å². The van der Waals surface area contributed by atoms with Crippen molar-refractivity contribution < 1.29 is 0 Å². The van der Waals surface area contributed by atoms with Gasteiger partial charge in [0.25, 0.3) is 0 Å². The summed E-state index contributed by atoms with van der Waals surface area (Å²) in [5.41, 5.74) is 2.30. The smallest absolute Gasteiger partial charge is 0.198 e. The van der Waals surface area contributed by atoms with E-state index in [0.717, 1.165) is 33.3 Å². The molecule has 0 bridgehead atoms. The van der Waals surface area contributed by atoms with Crippen LogP contribution in [0.2, 0.25) is 0 Å². The Morgan fingerprint density at radius 3 is 2.76 bits per heavy atom. The Morgan fingerprint density at radius 2 is 2.10 bits per heavy atom. The second-order valence-electron chi connectivity index (χ2n) is 4.63. The van der Waals surface area contributed by atoms with Gasteiger partial charge in [0, 0.05) is 12.1 Å². The van der Waals surface area contributed by atoms with Crippen LogP contribution in [0.1, 0.15) is 18.3 Å². The number of aromatic nitrogens is 5. The predicted octanol–water partition coefficient (Wildman–Crippen LogP) is 3.58. The Morgan fingerprint density at radius 1 is 1.24 bits per heavy atom. The quantitative estimate of drug-likeness (QED) is 0.736. The first-order valence-electron chi connectivity index (χ1n) is 6.65. The molecule has 0 aliphatic heterocycles. The van der Waals surface area contributed by atoms with Crippen molar-refractivity contribution in [1.82, 2.24) is 24.1 Å². The number of rotatable bonds is 4. The summed E-state index contributed by atoms with van der Waals surface area (Å²) in [6, 6.07) is 8.31. The zero-order valence-corrected chi connectivity index (χ0v) is 13.7. The van der Waals surface area contributed by atoms with Crippen molar-refractivity contribution in [3.8, 4) is 11.4 Å². The van der Waals surface area contributed by atoms with E-state index in [2.05, 4.69) is 56.2 Å². The van der Waals surface area contributed by atoms with E-state index in [-0.39, 0.29) is 0 Å². The normalized spacial score (nSPS) is 11.0. The molecule has 0 saturated heterocycles. The van der Waals surface area contributed by atoms with Gasteiger partial charge in [-0.25, -0.2) is 4.98 Å². The monoisotopic (exact) mass is 317 g/mol. The maximum atomic E-state index is 4.37. The molecule has 108 valence electrons. The molecule has 0 atom stereocenters. The van der Waals surface area contributed by atoms with Gasteiger partial charge in [-0.1, -0.05) is 23.8 Å². The van der Waals surface area contributed by atoms with Gasteiger partial charge in [-0.3, -0.25) is 0 Å². The van der Waals surface area contributed by atoms with Gasteiger partial charge < -0.3 is 4.57 Å². The molecular weight excluding hydrogens is 302 g/mol. The molecule has 0 aliphatic carbocycles. The first-order chi connectivity index (χ1) is 10.2. The first kappa shape index (κ1) is 14.2. The highest BCUT2D eigenvalue weighted by Crippen LogP contribution is 2.30. The Balaban J connectivity index is 1.97. The van der Waals surface area contributed by atoms with Crippen LogP contribution in [0.3, 0.4) is 0 Å². The number of aryl methyl sites for hydroxylation is 2. The minimum absolute atomic E-state index is 0.795. The maximum Gasteiger partial charge on any atom is 0.198 e. The summed E-state index contributed by atoms with van der Waals surface area (Å²) in [4.78, 5) is 4.37. The number of benzene rings is 1. The standard InChI is InChI=1S/C14H15N5S2/c1-4-19-12(11-7-5-6-9(2)8-11)16-17-13(19)20-14-15-10(3)18-21-14/h5-8H,4H2,1-3H3. The molecule has 0 N–H and O–H groups in total. The number of nitrogens with zero attached hydrogens (tertiary/aromatic N) is 5. The minimum Gasteiger partial charge on any atom is -0.302 e. The van der Waals surface area contributed by atoms with Gasteiger partial charge in [-0.2, -0.15) is 4.37 Å². The van der Waals surface area contributed by atoms with Crippen LogP contribution in [-0.4, -0.2) is 24.1 Å². The Hall–Kier alpha value is -1.73. The molecule has 3 aromatic rings. The Labute approximate surface area is 131 Å². The summed E-state index contributed by atoms with van der Waals surface area (Å²) in [5.74, 6) is 1.69. The highest BCUT2D eigenvalue weighted by molar-refractivity contribution is 8.00. The zero-order chi connectivity index (χ0) is 14.8. The summed E-state index contributed by atoms with van der Waals surface area (Å²) in [5, 5.41) is 9.51. The van der Waals surface area contributed by atoms with Gasteiger partial charge in [0.15, 0.2) is 15.3 Å². The highest BCUT2D eigenvalue weighted by Gasteiger charge is 2.15. The van der Waals surface area contributed by atoms with Crippen molar-refractivity contribution in [2.24, 2.45) is 0 Å². The molecule has 0 unspecified atom stereocenters. The summed E-state index contributed by atoms with van der Waals surface area (Å²) < 4.78 is 7.20. The Kier molecular flexibility index (Phi) is 4.03. The SMILES string of the molecule is CCn1c(Sc2nc(C)ns2)nnc1-c1cccc(C)c1.